The van der Waals surface area contributed by atoms with Crippen molar-refractivity contribution in [3.05, 3.63) is 33.7 Å². The summed E-state index contributed by atoms with van der Waals surface area (Å²) in [6.45, 7) is -0.0298. The number of aromatic carboxylic acids is 1. The lowest BCUT2D eigenvalue weighted by Gasteiger charge is -2.18. The molecule has 0 saturated carbocycles. The fraction of sp³-hybridized carbons (Fsp3) is 0.364. The van der Waals surface area contributed by atoms with Crippen LogP contribution in [-0.2, 0) is 20.9 Å². The van der Waals surface area contributed by atoms with Crippen molar-refractivity contribution >= 4 is 11.9 Å². The van der Waals surface area contributed by atoms with Gasteiger partial charge < -0.3 is 24.0 Å². The number of methoxy groups -OCH3 is 2. The summed E-state index contributed by atoms with van der Waals surface area (Å²) in [5.74, 6) is 2.38. The Bertz CT molecular complexity index is 562. The van der Waals surface area contributed by atoms with Crippen LogP contribution in [0.3, 0.4) is 0 Å². The van der Waals surface area contributed by atoms with Crippen molar-refractivity contribution in [2.24, 2.45) is 5.90 Å². The van der Waals surface area contributed by atoms with Gasteiger partial charge in [-0.2, -0.15) is 5.90 Å². The number of hydrogen-bond acceptors (Lipinski definition) is 7. The summed E-state index contributed by atoms with van der Waals surface area (Å²) in [7, 11) is 2.74. The molecule has 0 aromatic carbocycles. The fourth-order valence-corrected chi connectivity index (χ4v) is 1.53. The van der Waals surface area contributed by atoms with Crippen LogP contribution in [0.5, 0.6) is 0 Å². The topological polar surface area (TPSA) is 130 Å². The summed E-state index contributed by atoms with van der Waals surface area (Å²) < 4.78 is 11.1. The molecule has 0 bridgehead atoms. The second-order valence-corrected chi connectivity index (χ2v) is 3.70. The number of ether oxygens (including phenoxy) is 2. The van der Waals surface area contributed by atoms with Gasteiger partial charge in [0.1, 0.15) is 11.3 Å². The molecule has 0 amide bonds. The van der Waals surface area contributed by atoms with Crippen LogP contribution in [0.25, 0.3) is 0 Å². The van der Waals surface area contributed by atoms with Gasteiger partial charge in [0.15, 0.2) is 11.7 Å². The van der Waals surface area contributed by atoms with Gasteiger partial charge in [0.25, 0.3) is 0 Å². The normalized spacial score (nSPS) is 10.6. The summed E-state index contributed by atoms with van der Waals surface area (Å²) in [6.07, 6.45) is 0.255. The van der Waals surface area contributed by atoms with E-state index in [0.29, 0.717) is 0 Å². The van der Waals surface area contributed by atoms with Crippen molar-refractivity contribution in [1.29, 1.82) is 0 Å². The van der Waals surface area contributed by atoms with E-state index in [9.17, 15) is 14.4 Å². The zero-order chi connectivity index (χ0) is 15.3. The average molecular weight is 286 g/mol. The number of nitrogens with two attached hydrogens (primary N) is 1. The average Bonchev–Trinajstić information content (AvgIpc) is 2.44. The minimum Gasteiger partial charge on any atom is -0.477 e. The predicted molar refractivity (Wildman–Crippen MR) is 65.1 cm³/mol. The Morgan fingerprint density at radius 2 is 2.00 bits per heavy atom. The van der Waals surface area contributed by atoms with Crippen LogP contribution in [0.15, 0.2) is 17.1 Å². The van der Waals surface area contributed by atoms with Crippen LogP contribution in [0.2, 0.25) is 0 Å². The highest BCUT2D eigenvalue weighted by molar-refractivity contribution is 5.90. The largest absolute Gasteiger partial charge is 0.477 e. The fourth-order valence-electron chi connectivity index (χ4n) is 1.53. The van der Waals surface area contributed by atoms with Crippen molar-refractivity contribution in [2.45, 2.75) is 12.8 Å². The molecule has 0 spiro atoms. The lowest BCUT2D eigenvalue weighted by molar-refractivity contribution is -0.111. The molecule has 0 atom stereocenters. The van der Waals surface area contributed by atoms with Crippen molar-refractivity contribution < 1.29 is 29.0 Å². The Morgan fingerprint density at radius 3 is 2.45 bits per heavy atom. The van der Waals surface area contributed by atoms with E-state index in [-0.39, 0.29) is 12.2 Å². The second-order valence-electron chi connectivity index (χ2n) is 3.70. The number of pyridine rings is 1. The molecule has 1 rings (SSSR count). The molecule has 0 unspecified atom stereocenters. The molecule has 1 aromatic heterocycles. The first-order valence-corrected chi connectivity index (χ1v) is 5.39. The number of carbonyl (C=O) groups excluding carboxylic acids is 1. The minimum atomic E-state index is -1.41. The summed E-state index contributed by atoms with van der Waals surface area (Å²) >= 11 is 0. The van der Waals surface area contributed by atoms with Gasteiger partial charge in [-0.15, -0.1) is 0 Å². The lowest BCUT2D eigenvalue weighted by atomic mass is 10.2. The van der Waals surface area contributed by atoms with Gasteiger partial charge in [0.05, 0.1) is 6.54 Å². The van der Waals surface area contributed by atoms with E-state index in [0.717, 1.165) is 16.8 Å². The first kappa shape index (κ1) is 15.8. The van der Waals surface area contributed by atoms with E-state index in [1.165, 1.54) is 14.2 Å². The summed E-state index contributed by atoms with van der Waals surface area (Å²) in [5.41, 5.74) is -1.54. The Kier molecular flexibility index (Phi) is 5.38. The van der Waals surface area contributed by atoms with E-state index in [4.69, 9.17) is 20.5 Å². The van der Waals surface area contributed by atoms with Gasteiger partial charge >= 0.3 is 11.9 Å². The number of carboxylic acids is 1. The number of carbonyl (C=O) groups is 2. The summed E-state index contributed by atoms with van der Waals surface area (Å²) in [5, 5.41) is 8.91. The summed E-state index contributed by atoms with van der Waals surface area (Å²) in [4.78, 5) is 38.0. The third kappa shape index (κ3) is 3.41. The Balaban J connectivity index is 3.35. The zero-order valence-corrected chi connectivity index (χ0v) is 10.9. The molecule has 0 aliphatic rings. The smallest absolute Gasteiger partial charge is 0.373 e. The van der Waals surface area contributed by atoms with Crippen molar-refractivity contribution in [3.8, 4) is 0 Å². The molecule has 0 aliphatic heterocycles. The van der Waals surface area contributed by atoms with Crippen LogP contribution in [0.4, 0.5) is 0 Å². The highest BCUT2D eigenvalue weighted by Crippen LogP contribution is 2.06. The monoisotopic (exact) mass is 286 g/mol. The first-order valence-electron chi connectivity index (χ1n) is 5.39. The Labute approximate surface area is 113 Å². The van der Waals surface area contributed by atoms with Crippen LogP contribution < -0.4 is 11.3 Å². The maximum absolute atomic E-state index is 11.6. The summed E-state index contributed by atoms with van der Waals surface area (Å²) in [6, 6.07) is 0.834. The van der Waals surface area contributed by atoms with Crippen LogP contribution in [0, 0.1) is 0 Å². The van der Waals surface area contributed by atoms with Gasteiger partial charge in [0.2, 0.25) is 0 Å². The third-order valence-electron chi connectivity index (χ3n) is 2.55. The molecule has 20 heavy (non-hydrogen) atoms. The van der Waals surface area contributed by atoms with Crippen LogP contribution in [0.1, 0.15) is 20.8 Å². The first-order chi connectivity index (χ1) is 9.44. The molecule has 1 heterocycles. The van der Waals surface area contributed by atoms with Crippen molar-refractivity contribution in [2.75, 3.05) is 14.2 Å². The maximum Gasteiger partial charge on any atom is 0.373 e. The number of hydrogen-bond donors (Lipinski definition) is 2. The second kappa shape index (κ2) is 6.80. The molecule has 0 radical (unpaired) electrons. The van der Waals surface area contributed by atoms with Crippen molar-refractivity contribution in [3.63, 3.8) is 0 Å². The molecular weight excluding hydrogens is 272 g/mol. The number of rotatable bonds is 6. The van der Waals surface area contributed by atoms with Gasteiger partial charge in [-0.1, -0.05) is 0 Å². The minimum absolute atomic E-state index is 0.0298. The predicted octanol–water partition coefficient (Wildman–Crippen LogP) is -0.804. The van der Waals surface area contributed by atoms with E-state index in [2.05, 4.69) is 4.84 Å². The molecule has 110 valence electrons. The van der Waals surface area contributed by atoms with E-state index >= 15 is 0 Å². The molecule has 1 aromatic rings. The molecule has 9 heteroatoms. The van der Waals surface area contributed by atoms with E-state index < -0.39 is 29.2 Å². The quantitative estimate of drug-likeness (QED) is 0.513. The van der Waals surface area contributed by atoms with Gasteiger partial charge in [-0.05, 0) is 0 Å². The van der Waals surface area contributed by atoms with E-state index in [1.54, 1.807) is 0 Å². The van der Waals surface area contributed by atoms with Crippen LogP contribution >= 0.6 is 0 Å². The number of nitrogens with zero attached hydrogens (tertiary/aromatic N) is 1. The van der Waals surface area contributed by atoms with Crippen LogP contribution in [-0.4, -0.2) is 42.1 Å². The zero-order valence-electron chi connectivity index (χ0n) is 10.9. The highest BCUT2D eigenvalue weighted by Gasteiger charge is 2.19. The maximum atomic E-state index is 11.6. The number of aromatic nitrogens is 1. The Morgan fingerprint density at radius 1 is 1.40 bits per heavy atom. The van der Waals surface area contributed by atoms with Crippen molar-refractivity contribution in [1.82, 2.24) is 4.57 Å². The third-order valence-corrected chi connectivity index (χ3v) is 2.55. The van der Waals surface area contributed by atoms with E-state index in [1.807, 2.05) is 0 Å². The molecular formula is C11H14N2O7. The standard InChI is InChI=1S/C11H14N2O7/c1-18-9(19-2)5-13-4-6(10(15)16)8(14)3-7(13)11(17)20-12/h3-4,9H,5,12H2,1-2H3,(H,15,16). The molecule has 0 aliphatic carbocycles. The molecule has 0 fully saturated rings. The van der Waals surface area contributed by atoms with Gasteiger partial charge in [0, 0.05) is 26.5 Å². The highest BCUT2D eigenvalue weighted by atomic mass is 16.7. The molecule has 3 N–H and O–H groups in total. The van der Waals surface area contributed by atoms with Gasteiger partial charge in [-0.25, -0.2) is 9.59 Å². The number of carboxylic acid groups (broad SMARTS) is 1. The lowest BCUT2D eigenvalue weighted by Crippen LogP contribution is -2.29. The Hall–Kier alpha value is -2.23. The van der Waals surface area contributed by atoms with Gasteiger partial charge in [-0.3, -0.25) is 4.79 Å². The molecule has 0 saturated heterocycles. The SMILES string of the molecule is COC(Cn1cc(C(=O)O)c(=O)cc1C(=O)ON)OC. The molecule has 9 nitrogen and oxygen atoms in total.